The first-order valence-corrected chi connectivity index (χ1v) is 6.01. The molecular weight excluding hydrogens is 252 g/mol. The molecule has 0 aliphatic rings. The summed E-state index contributed by atoms with van der Waals surface area (Å²) in [4.78, 5) is 8.53. The molecule has 96 valence electrons. The van der Waals surface area contributed by atoms with Gasteiger partial charge in [-0.05, 0) is 13.8 Å². The first-order valence-electron chi connectivity index (χ1n) is 5.63. The van der Waals surface area contributed by atoms with Crippen molar-refractivity contribution in [1.82, 2.24) is 25.2 Å². The summed E-state index contributed by atoms with van der Waals surface area (Å²) < 4.78 is 1.79. The summed E-state index contributed by atoms with van der Waals surface area (Å²) >= 11 is 6.15. The van der Waals surface area contributed by atoms with Crippen molar-refractivity contribution >= 4 is 11.6 Å². The molecule has 0 aromatic carbocycles. The molecule has 0 amide bonds. The second kappa shape index (κ2) is 5.43. The van der Waals surface area contributed by atoms with Gasteiger partial charge in [0.05, 0.1) is 34.5 Å². The number of aryl methyl sites for hydroxylation is 2. The third-order valence-corrected chi connectivity index (χ3v) is 2.96. The van der Waals surface area contributed by atoms with Crippen LogP contribution in [0.25, 0.3) is 0 Å². The third-order valence-electron chi connectivity index (χ3n) is 2.67. The second-order valence-electron chi connectivity index (χ2n) is 3.88. The Morgan fingerprint density at radius 1 is 1.39 bits per heavy atom. The smallest absolute Gasteiger partial charge is 0.108 e. The number of hydrogen-bond acceptors (Lipinski definition) is 5. The average Bonchev–Trinajstić information content (AvgIpc) is 2.74. The van der Waals surface area contributed by atoms with Crippen LogP contribution in [0.3, 0.4) is 0 Å². The lowest BCUT2D eigenvalue weighted by atomic mass is 10.1. The van der Waals surface area contributed by atoms with Gasteiger partial charge >= 0.3 is 0 Å². The SMILES string of the molecule is CCn1ncc(Cl)c1C(NN)c1cnc(C)cn1. The van der Waals surface area contributed by atoms with Crippen LogP contribution < -0.4 is 11.3 Å². The monoisotopic (exact) mass is 266 g/mol. The van der Waals surface area contributed by atoms with Crippen LogP contribution in [0.4, 0.5) is 0 Å². The highest BCUT2D eigenvalue weighted by Crippen LogP contribution is 2.26. The van der Waals surface area contributed by atoms with Crippen LogP contribution in [0, 0.1) is 6.92 Å². The molecule has 2 rings (SSSR count). The van der Waals surface area contributed by atoms with Gasteiger partial charge in [-0.3, -0.25) is 20.5 Å². The van der Waals surface area contributed by atoms with Crippen LogP contribution in [0.1, 0.15) is 30.0 Å². The minimum atomic E-state index is -0.326. The molecule has 1 atom stereocenters. The molecule has 0 bridgehead atoms. The lowest BCUT2D eigenvalue weighted by molar-refractivity contribution is 0.534. The summed E-state index contributed by atoms with van der Waals surface area (Å²) in [6.45, 7) is 4.58. The van der Waals surface area contributed by atoms with Crippen LogP contribution in [-0.4, -0.2) is 19.7 Å². The summed E-state index contributed by atoms with van der Waals surface area (Å²) in [7, 11) is 0. The Balaban J connectivity index is 2.44. The standard InChI is InChI=1S/C11H15ClN6/c1-3-18-11(8(12)5-16-18)10(17-13)9-6-14-7(2)4-15-9/h4-6,10,17H,3,13H2,1-2H3. The van der Waals surface area contributed by atoms with E-state index in [4.69, 9.17) is 17.4 Å². The Morgan fingerprint density at radius 2 is 2.17 bits per heavy atom. The molecule has 3 N–H and O–H groups in total. The fourth-order valence-electron chi connectivity index (χ4n) is 1.77. The van der Waals surface area contributed by atoms with Gasteiger partial charge in [0.2, 0.25) is 0 Å². The first kappa shape index (κ1) is 12.9. The van der Waals surface area contributed by atoms with Gasteiger partial charge in [0.25, 0.3) is 0 Å². The summed E-state index contributed by atoms with van der Waals surface area (Å²) in [5.41, 5.74) is 5.06. The fourth-order valence-corrected chi connectivity index (χ4v) is 2.02. The maximum absolute atomic E-state index is 6.15. The molecule has 0 fully saturated rings. The quantitative estimate of drug-likeness (QED) is 0.642. The zero-order valence-corrected chi connectivity index (χ0v) is 11.0. The van der Waals surface area contributed by atoms with Crippen molar-refractivity contribution in [1.29, 1.82) is 0 Å². The predicted octanol–water partition coefficient (Wildman–Crippen LogP) is 1.21. The van der Waals surface area contributed by atoms with Gasteiger partial charge in [-0.25, -0.2) is 5.43 Å². The number of nitrogens with two attached hydrogens (primary N) is 1. The van der Waals surface area contributed by atoms with E-state index in [9.17, 15) is 0 Å². The maximum Gasteiger partial charge on any atom is 0.108 e. The van der Waals surface area contributed by atoms with Gasteiger partial charge in [0.1, 0.15) is 6.04 Å². The van der Waals surface area contributed by atoms with E-state index in [-0.39, 0.29) is 6.04 Å². The number of rotatable bonds is 4. The Bertz CT molecular complexity index is 521. The van der Waals surface area contributed by atoms with Crippen molar-refractivity contribution in [3.8, 4) is 0 Å². The van der Waals surface area contributed by atoms with E-state index in [2.05, 4.69) is 20.5 Å². The van der Waals surface area contributed by atoms with Gasteiger partial charge in [-0.15, -0.1) is 0 Å². The van der Waals surface area contributed by atoms with E-state index in [0.29, 0.717) is 17.3 Å². The van der Waals surface area contributed by atoms with Crippen LogP contribution >= 0.6 is 11.6 Å². The van der Waals surface area contributed by atoms with Gasteiger partial charge in [-0.2, -0.15) is 5.10 Å². The zero-order chi connectivity index (χ0) is 13.1. The largest absolute Gasteiger partial charge is 0.270 e. The number of hydrogen-bond donors (Lipinski definition) is 2. The molecule has 2 aromatic heterocycles. The van der Waals surface area contributed by atoms with Crippen molar-refractivity contribution in [2.45, 2.75) is 26.4 Å². The molecule has 0 saturated carbocycles. The van der Waals surface area contributed by atoms with Crippen molar-refractivity contribution in [3.63, 3.8) is 0 Å². The van der Waals surface area contributed by atoms with Crippen LogP contribution in [0.15, 0.2) is 18.6 Å². The van der Waals surface area contributed by atoms with Crippen molar-refractivity contribution in [3.05, 3.63) is 40.7 Å². The number of hydrazine groups is 1. The molecule has 0 saturated heterocycles. The minimum absolute atomic E-state index is 0.326. The molecule has 2 aromatic rings. The van der Waals surface area contributed by atoms with Crippen LogP contribution in [0.2, 0.25) is 5.02 Å². The molecular formula is C11H15ClN6. The van der Waals surface area contributed by atoms with Crippen molar-refractivity contribution in [2.24, 2.45) is 5.84 Å². The average molecular weight is 267 g/mol. The molecule has 6 nitrogen and oxygen atoms in total. The van der Waals surface area contributed by atoms with Crippen molar-refractivity contribution < 1.29 is 0 Å². The lowest BCUT2D eigenvalue weighted by Gasteiger charge is -2.17. The Kier molecular flexibility index (Phi) is 3.90. The summed E-state index contributed by atoms with van der Waals surface area (Å²) in [5.74, 6) is 5.61. The molecule has 2 heterocycles. The van der Waals surface area contributed by atoms with Gasteiger partial charge in [0, 0.05) is 12.7 Å². The van der Waals surface area contributed by atoms with Gasteiger partial charge < -0.3 is 0 Å². The molecule has 0 radical (unpaired) electrons. The number of nitrogens with one attached hydrogen (secondary N) is 1. The van der Waals surface area contributed by atoms with E-state index < -0.39 is 0 Å². The summed E-state index contributed by atoms with van der Waals surface area (Å²) in [6.07, 6.45) is 4.98. The van der Waals surface area contributed by atoms with E-state index >= 15 is 0 Å². The summed E-state index contributed by atoms with van der Waals surface area (Å²) in [5, 5.41) is 4.74. The number of nitrogens with zero attached hydrogens (tertiary/aromatic N) is 4. The topological polar surface area (TPSA) is 81.7 Å². The van der Waals surface area contributed by atoms with E-state index in [1.165, 1.54) is 0 Å². The minimum Gasteiger partial charge on any atom is -0.270 e. The molecule has 7 heteroatoms. The highest BCUT2D eigenvalue weighted by molar-refractivity contribution is 6.31. The highest BCUT2D eigenvalue weighted by atomic mass is 35.5. The predicted molar refractivity (Wildman–Crippen MR) is 68.8 cm³/mol. The number of halogens is 1. The Labute approximate surface area is 110 Å². The summed E-state index contributed by atoms with van der Waals surface area (Å²) in [6, 6.07) is -0.326. The molecule has 1 unspecified atom stereocenters. The highest BCUT2D eigenvalue weighted by Gasteiger charge is 2.22. The van der Waals surface area contributed by atoms with Gasteiger partial charge in [0.15, 0.2) is 0 Å². The maximum atomic E-state index is 6.15. The Morgan fingerprint density at radius 3 is 2.72 bits per heavy atom. The van der Waals surface area contributed by atoms with Gasteiger partial charge in [-0.1, -0.05) is 11.6 Å². The number of aromatic nitrogens is 4. The lowest BCUT2D eigenvalue weighted by Crippen LogP contribution is -2.31. The zero-order valence-electron chi connectivity index (χ0n) is 10.3. The second-order valence-corrected chi connectivity index (χ2v) is 4.28. The normalized spacial score (nSPS) is 12.7. The third kappa shape index (κ3) is 2.35. The van der Waals surface area contributed by atoms with E-state index in [1.54, 1.807) is 23.3 Å². The fraction of sp³-hybridized carbons (Fsp3) is 0.364. The molecule has 18 heavy (non-hydrogen) atoms. The first-order chi connectivity index (χ1) is 8.67. The molecule has 0 aliphatic carbocycles. The van der Waals surface area contributed by atoms with Crippen LogP contribution in [-0.2, 0) is 6.54 Å². The van der Waals surface area contributed by atoms with E-state index in [1.807, 2.05) is 13.8 Å². The van der Waals surface area contributed by atoms with Crippen molar-refractivity contribution in [2.75, 3.05) is 0 Å². The molecule has 0 spiro atoms. The van der Waals surface area contributed by atoms with Crippen LogP contribution in [0.5, 0.6) is 0 Å². The molecule has 0 aliphatic heterocycles. The van der Waals surface area contributed by atoms with E-state index in [0.717, 1.165) is 11.4 Å². The Hall–Kier alpha value is -1.50.